The van der Waals surface area contributed by atoms with Crippen molar-refractivity contribution in [2.75, 3.05) is 6.61 Å². The Bertz CT molecular complexity index is 674. The van der Waals surface area contributed by atoms with E-state index in [1.165, 1.54) is 20.8 Å². The van der Waals surface area contributed by atoms with E-state index in [4.69, 9.17) is 23.7 Å². The van der Waals surface area contributed by atoms with E-state index in [0.717, 1.165) is 5.56 Å². The van der Waals surface area contributed by atoms with Gasteiger partial charge in [0, 0.05) is 20.8 Å². The summed E-state index contributed by atoms with van der Waals surface area (Å²) in [5, 5.41) is 0. The van der Waals surface area contributed by atoms with E-state index in [1.54, 1.807) is 6.92 Å². The van der Waals surface area contributed by atoms with E-state index in [2.05, 4.69) is 0 Å². The number of carbonyl (C=O) groups is 3. The Balaban J connectivity index is 2.22. The average Bonchev–Trinajstić information content (AvgIpc) is 2.62. The van der Waals surface area contributed by atoms with Crippen molar-refractivity contribution in [3.63, 3.8) is 0 Å². The third-order valence-electron chi connectivity index (χ3n) is 4.21. The molecule has 1 aromatic rings. The van der Waals surface area contributed by atoms with Crippen LogP contribution in [0.15, 0.2) is 30.3 Å². The van der Waals surface area contributed by atoms with E-state index >= 15 is 0 Å². The third-order valence-corrected chi connectivity index (χ3v) is 4.21. The molecule has 0 N–H and O–H groups in total. The molecule has 0 spiro atoms. The minimum absolute atomic E-state index is 0.138. The Morgan fingerprint density at radius 2 is 1.50 bits per heavy atom. The van der Waals surface area contributed by atoms with Crippen molar-refractivity contribution in [3.05, 3.63) is 35.9 Å². The molecule has 0 amide bonds. The fourth-order valence-corrected chi connectivity index (χ4v) is 3.09. The van der Waals surface area contributed by atoms with Gasteiger partial charge in [-0.2, -0.15) is 0 Å². The van der Waals surface area contributed by atoms with Crippen LogP contribution in [0, 0.1) is 0 Å². The van der Waals surface area contributed by atoms with Crippen molar-refractivity contribution in [1.82, 2.24) is 0 Å². The molecule has 1 aliphatic rings. The highest BCUT2D eigenvalue weighted by Gasteiger charge is 2.49. The predicted octanol–water partition coefficient (Wildman–Crippen LogP) is 1.79. The molecule has 8 heteroatoms. The predicted molar refractivity (Wildman–Crippen MR) is 97.1 cm³/mol. The van der Waals surface area contributed by atoms with Gasteiger partial charge in [0.1, 0.15) is 18.8 Å². The van der Waals surface area contributed by atoms with Gasteiger partial charge >= 0.3 is 17.9 Å². The van der Waals surface area contributed by atoms with Crippen molar-refractivity contribution in [2.45, 2.75) is 64.8 Å². The average molecular weight is 394 g/mol. The molecule has 1 saturated heterocycles. The highest BCUT2D eigenvalue weighted by molar-refractivity contribution is 5.67. The summed E-state index contributed by atoms with van der Waals surface area (Å²) in [5.41, 5.74) is 0.933. The van der Waals surface area contributed by atoms with Crippen LogP contribution in [0.2, 0.25) is 0 Å². The molecule has 0 saturated carbocycles. The molecule has 1 fully saturated rings. The van der Waals surface area contributed by atoms with Crippen LogP contribution in [0.1, 0.15) is 33.3 Å². The summed E-state index contributed by atoms with van der Waals surface area (Å²) in [6.07, 6.45) is -3.85. The van der Waals surface area contributed by atoms with Gasteiger partial charge < -0.3 is 23.7 Å². The van der Waals surface area contributed by atoms with Gasteiger partial charge in [-0.05, 0) is 12.5 Å². The van der Waals surface area contributed by atoms with E-state index in [9.17, 15) is 14.4 Å². The largest absolute Gasteiger partial charge is 0.463 e. The van der Waals surface area contributed by atoms with Gasteiger partial charge in [0.15, 0.2) is 12.2 Å². The zero-order valence-corrected chi connectivity index (χ0v) is 16.5. The van der Waals surface area contributed by atoms with Crippen LogP contribution >= 0.6 is 0 Å². The number of hydrogen-bond donors (Lipinski definition) is 0. The Morgan fingerprint density at radius 3 is 2.07 bits per heavy atom. The summed E-state index contributed by atoms with van der Waals surface area (Å²) in [7, 11) is 0. The number of hydrogen-bond acceptors (Lipinski definition) is 8. The molecule has 0 radical (unpaired) electrons. The standard InChI is InChI=1S/C20H26O8/c1-12-18(25-10-16-8-6-5-7-9-16)20(28-15(4)23)19(27-14(3)22)17(26-12)11-24-13(2)21/h5-9,12,17-20H,10-11H2,1-4H3/t12?,17-,18+,19+,20+/m0/s1. The number of ether oxygens (including phenoxy) is 5. The minimum atomic E-state index is -0.974. The summed E-state index contributed by atoms with van der Waals surface area (Å²) in [5.74, 6) is -1.62. The lowest BCUT2D eigenvalue weighted by Gasteiger charge is -2.44. The second-order valence-electron chi connectivity index (χ2n) is 6.59. The van der Waals surface area contributed by atoms with E-state index in [0.29, 0.717) is 0 Å². The van der Waals surface area contributed by atoms with Crippen molar-refractivity contribution >= 4 is 17.9 Å². The Labute approximate surface area is 164 Å². The summed E-state index contributed by atoms with van der Waals surface area (Å²) >= 11 is 0. The van der Waals surface area contributed by atoms with Crippen LogP contribution in [-0.4, -0.2) is 55.0 Å². The molecule has 1 aromatic carbocycles. The van der Waals surface area contributed by atoms with E-state index in [-0.39, 0.29) is 13.2 Å². The number of rotatable bonds is 7. The van der Waals surface area contributed by atoms with Crippen LogP contribution in [0.25, 0.3) is 0 Å². The van der Waals surface area contributed by atoms with Gasteiger partial charge in [-0.3, -0.25) is 14.4 Å². The minimum Gasteiger partial charge on any atom is -0.463 e. The normalized spacial score (nSPS) is 26.9. The zero-order valence-electron chi connectivity index (χ0n) is 16.5. The maximum Gasteiger partial charge on any atom is 0.303 e. The van der Waals surface area contributed by atoms with Gasteiger partial charge in [0.2, 0.25) is 0 Å². The molecule has 5 atom stereocenters. The summed E-state index contributed by atoms with van der Waals surface area (Å²) in [6, 6.07) is 9.48. The molecule has 1 heterocycles. The lowest BCUT2D eigenvalue weighted by molar-refractivity contribution is -0.254. The first-order valence-electron chi connectivity index (χ1n) is 9.06. The number of carbonyl (C=O) groups excluding carboxylic acids is 3. The molecule has 1 aliphatic heterocycles. The monoisotopic (exact) mass is 394 g/mol. The summed E-state index contributed by atoms with van der Waals surface area (Å²) in [6.45, 7) is 5.66. The van der Waals surface area contributed by atoms with Crippen LogP contribution in [0.3, 0.4) is 0 Å². The molecule has 1 unspecified atom stereocenters. The second-order valence-corrected chi connectivity index (χ2v) is 6.59. The molecule has 8 nitrogen and oxygen atoms in total. The fourth-order valence-electron chi connectivity index (χ4n) is 3.09. The maximum atomic E-state index is 11.7. The van der Waals surface area contributed by atoms with Crippen molar-refractivity contribution in [2.24, 2.45) is 0 Å². The van der Waals surface area contributed by atoms with Crippen molar-refractivity contribution in [3.8, 4) is 0 Å². The van der Waals surface area contributed by atoms with Crippen LogP contribution in [-0.2, 0) is 44.7 Å². The van der Waals surface area contributed by atoms with Gasteiger partial charge in [-0.15, -0.1) is 0 Å². The molecule has 154 valence electrons. The Morgan fingerprint density at radius 1 is 0.893 bits per heavy atom. The maximum absolute atomic E-state index is 11.7. The topological polar surface area (TPSA) is 97.4 Å². The quantitative estimate of drug-likeness (QED) is 0.510. The molecular formula is C20H26O8. The molecule has 0 bridgehead atoms. The Kier molecular flexibility index (Phi) is 7.95. The van der Waals surface area contributed by atoms with Gasteiger partial charge in [0.05, 0.1) is 12.7 Å². The summed E-state index contributed by atoms with van der Waals surface area (Å²) in [4.78, 5) is 34.5. The molecule has 0 aromatic heterocycles. The smallest absolute Gasteiger partial charge is 0.303 e. The number of benzene rings is 1. The highest BCUT2D eigenvalue weighted by atomic mass is 16.6. The van der Waals surface area contributed by atoms with Crippen LogP contribution in [0.4, 0.5) is 0 Å². The fraction of sp³-hybridized carbons (Fsp3) is 0.550. The van der Waals surface area contributed by atoms with Crippen LogP contribution in [0.5, 0.6) is 0 Å². The van der Waals surface area contributed by atoms with Crippen LogP contribution < -0.4 is 0 Å². The first-order chi connectivity index (χ1) is 13.3. The third kappa shape index (κ3) is 6.31. The Hall–Kier alpha value is -2.45. The lowest BCUT2D eigenvalue weighted by Crippen LogP contribution is -2.61. The first-order valence-corrected chi connectivity index (χ1v) is 9.06. The molecule has 0 aliphatic carbocycles. The van der Waals surface area contributed by atoms with Gasteiger partial charge in [-0.25, -0.2) is 0 Å². The number of esters is 3. The molecule has 28 heavy (non-hydrogen) atoms. The zero-order chi connectivity index (χ0) is 20.7. The second kappa shape index (κ2) is 10.2. The molecule has 2 rings (SSSR count). The lowest BCUT2D eigenvalue weighted by atomic mass is 9.95. The van der Waals surface area contributed by atoms with Crippen molar-refractivity contribution < 1.29 is 38.1 Å². The molecular weight excluding hydrogens is 368 g/mol. The first kappa shape index (κ1) is 21.8. The van der Waals surface area contributed by atoms with E-state index < -0.39 is 48.4 Å². The van der Waals surface area contributed by atoms with Gasteiger partial charge in [0.25, 0.3) is 0 Å². The SMILES string of the molecule is CC(=O)OC[C@@H]1OC(C)[C@@H](OCc2ccccc2)[C@@H](OC(C)=O)[C@@H]1OC(C)=O. The highest BCUT2D eigenvalue weighted by Crippen LogP contribution is 2.29. The van der Waals surface area contributed by atoms with Gasteiger partial charge in [-0.1, -0.05) is 30.3 Å². The van der Waals surface area contributed by atoms with Crippen molar-refractivity contribution in [1.29, 1.82) is 0 Å². The summed E-state index contributed by atoms with van der Waals surface area (Å²) < 4.78 is 27.7. The van der Waals surface area contributed by atoms with E-state index in [1.807, 2.05) is 30.3 Å².